The van der Waals surface area contributed by atoms with Gasteiger partial charge in [0.05, 0.1) is 0 Å². The molecule has 0 bridgehead atoms. The van der Waals surface area contributed by atoms with Crippen LogP contribution in [0.5, 0.6) is 0 Å². The van der Waals surface area contributed by atoms with Crippen LogP contribution in [0.15, 0.2) is 0 Å². The molecule has 2 unspecified atom stereocenters. The SMILES string of the molecule is CCCCCCCC(NC)C1CN(C)CCCN1C. The van der Waals surface area contributed by atoms with E-state index in [9.17, 15) is 0 Å². The normalized spacial score (nSPS) is 24.3. The molecule has 0 aromatic carbocycles. The summed E-state index contributed by atoms with van der Waals surface area (Å²) >= 11 is 0. The smallest absolute Gasteiger partial charge is 0.0373 e. The van der Waals surface area contributed by atoms with Crippen molar-refractivity contribution in [1.29, 1.82) is 0 Å². The average molecular weight is 269 g/mol. The molecular formula is C16H35N3. The molecule has 0 radical (unpaired) electrons. The Kier molecular flexibility index (Phi) is 8.67. The van der Waals surface area contributed by atoms with Crippen molar-refractivity contribution in [2.24, 2.45) is 0 Å². The molecule has 0 saturated carbocycles. The maximum atomic E-state index is 3.57. The molecule has 1 saturated heterocycles. The number of hydrogen-bond acceptors (Lipinski definition) is 3. The third kappa shape index (κ3) is 6.24. The Morgan fingerprint density at radius 1 is 1.11 bits per heavy atom. The second-order valence-corrected chi connectivity index (χ2v) is 6.26. The van der Waals surface area contributed by atoms with Gasteiger partial charge in [0.25, 0.3) is 0 Å². The summed E-state index contributed by atoms with van der Waals surface area (Å²) in [7, 11) is 6.70. The van der Waals surface area contributed by atoms with Crippen molar-refractivity contribution < 1.29 is 0 Å². The monoisotopic (exact) mass is 269 g/mol. The first-order chi connectivity index (χ1) is 9.19. The lowest BCUT2D eigenvalue weighted by Crippen LogP contribution is -2.51. The van der Waals surface area contributed by atoms with E-state index in [1.165, 1.54) is 64.6 Å². The van der Waals surface area contributed by atoms with Crippen molar-refractivity contribution in [2.45, 2.75) is 64.0 Å². The summed E-state index contributed by atoms with van der Waals surface area (Å²) in [5.74, 6) is 0. The molecule has 0 spiro atoms. The zero-order chi connectivity index (χ0) is 14.1. The van der Waals surface area contributed by atoms with Crippen LogP contribution in [0.3, 0.4) is 0 Å². The molecule has 0 amide bonds. The second-order valence-electron chi connectivity index (χ2n) is 6.26. The first kappa shape index (κ1) is 16.9. The van der Waals surface area contributed by atoms with Crippen LogP contribution in [0.1, 0.15) is 51.9 Å². The summed E-state index contributed by atoms with van der Waals surface area (Å²) < 4.78 is 0. The van der Waals surface area contributed by atoms with Crippen molar-refractivity contribution in [3.05, 3.63) is 0 Å². The molecule has 3 nitrogen and oxygen atoms in total. The lowest BCUT2D eigenvalue weighted by Gasteiger charge is -2.34. The highest BCUT2D eigenvalue weighted by atomic mass is 15.2. The minimum absolute atomic E-state index is 0.646. The fraction of sp³-hybridized carbons (Fsp3) is 1.00. The number of likely N-dealkylation sites (N-methyl/N-ethyl adjacent to an activating group) is 3. The molecule has 1 heterocycles. The van der Waals surface area contributed by atoms with Gasteiger partial charge in [0.15, 0.2) is 0 Å². The van der Waals surface area contributed by atoms with Crippen LogP contribution < -0.4 is 5.32 Å². The summed E-state index contributed by atoms with van der Waals surface area (Å²) in [5, 5.41) is 3.57. The summed E-state index contributed by atoms with van der Waals surface area (Å²) in [4.78, 5) is 5.06. The topological polar surface area (TPSA) is 18.5 Å². The molecular weight excluding hydrogens is 234 g/mol. The molecule has 0 aliphatic carbocycles. The van der Waals surface area contributed by atoms with Crippen LogP contribution in [-0.2, 0) is 0 Å². The second kappa shape index (κ2) is 9.73. The number of hydrogen-bond donors (Lipinski definition) is 1. The van der Waals surface area contributed by atoms with Gasteiger partial charge in [0.2, 0.25) is 0 Å². The summed E-state index contributed by atoms with van der Waals surface area (Å²) in [5.41, 5.74) is 0. The van der Waals surface area contributed by atoms with Crippen LogP contribution in [-0.4, -0.2) is 62.7 Å². The Balaban J connectivity index is 2.38. The minimum Gasteiger partial charge on any atom is -0.315 e. The van der Waals surface area contributed by atoms with Gasteiger partial charge in [-0.15, -0.1) is 0 Å². The van der Waals surface area contributed by atoms with E-state index in [0.717, 1.165) is 0 Å². The highest BCUT2D eigenvalue weighted by Crippen LogP contribution is 2.15. The highest BCUT2D eigenvalue weighted by molar-refractivity contribution is 4.86. The van der Waals surface area contributed by atoms with Crippen LogP contribution in [0.25, 0.3) is 0 Å². The van der Waals surface area contributed by atoms with E-state index in [4.69, 9.17) is 0 Å². The third-order valence-electron chi connectivity index (χ3n) is 4.57. The molecule has 19 heavy (non-hydrogen) atoms. The zero-order valence-electron chi connectivity index (χ0n) is 13.6. The van der Waals surface area contributed by atoms with Crippen LogP contribution in [0, 0.1) is 0 Å². The lowest BCUT2D eigenvalue weighted by atomic mass is 9.99. The average Bonchev–Trinajstić information content (AvgIpc) is 2.56. The van der Waals surface area contributed by atoms with Gasteiger partial charge in [-0.3, -0.25) is 0 Å². The highest BCUT2D eigenvalue weighted by Gasteiger charge is 2.26. The molecule has 2 atom stereocenters. The van der Waals surface area contributed by atoms with Gasteiger partial charge in [-0.1, -0.05) is 39.0 Å². The quantitative estimate of drug-likeness (QED) is 0.683. The molecule has 3 heteroatoms. The van der Waals surface area contributed by atoms with E-state index in [2.05, 4.69) is 43.2 Å². The van der Waals surface area contributed by atoms with Gasteiger partial charge in [-0.25, -0.2) is 0 Å². The molecule has 1 fully saturated rings. The predicted octanol–water partition coefficient (Wildman–Crippen LogP) is 2.57. The molecule has 1 aliphatic heterocycles. The maximum absolute atomic E-state index is 3.57. The van der Waals surface area contributed by atoms with Gasteiger partial charge in [-0.05, 0) is 47.1 Å². The fourth-order valence-corrected chi connectivity index (χ4v) is 3.24. The van der Waals surface area contributed by atoms with Crippen LogP contribution in [0.2, 0.25) is 0 Å². The van der Waals surface area contributed by atoms with E-state index in [0.29, 0.717) is 12.1 Å². The Morgan fingerprint density at radius 2 is 1.84 bits per heavy atom. The largest absolute Gasteiger partial charge is 0.315 e. The summed E-state index contributed by atoms with van der Waals surface area (Å²) in [6.07, 6.45) is 9.55. The predicted molar refractivity (Wildman–Crippen MR) is 84.8 cm³/mol. The minimum atomic E-state index is 0.646. The van der Waals surface area contributed by atoms with Crippen LogP contribution >= 0.6 is 0 Å². The maximum Gasteiger partial charge on any atom is 0.0373 e. The number of unbranched alkanes of at least 4 members (excludes halogenated alkanes) is 4. The standard InChI is InChI=1S/C16H35N3/c1-5-6-7-8-9-11-15(17-2)16-14-18(3)12-10-13-19(16)4/h15-17H,5-14H2,1-4H3. The van der Waals surface area contributed by atoms with E-state index in [1.54, 1.807) is 0 Å². The number of nitrogens with zero attached hydrogens (tertiary/aromatic N) is 2. The Hall–Kier alpha value is -0.120. The number of nitrogens with one attached hydrogen (secondary N) is 1. The van der Waals surface area contributed by atoms with Gasteiger partial charge < -0.3 is 15.1 Å². The van der Waals surface area contributed by atoms with E-state index < -0.39 is 0 Å². The Morgan fingerprint density at radius 3 is 2.53 bits per heavy atom. The van der Waals surface area contributed by atoms with Gasteiger partial charge in [-0.2, -0.15) is 0 Å². The van der Waals surface area contributed by atoms with E-state index >= 15 is 0 Å². The van der Waals surface area contributed by atoms with Crippen LogP contribution in [0.4, 0.5) is 0 Å². The van der Waals surface area contributed by atoms with E-state index in [-0.39, 0.29) is 0 Å². The van der Waals surface area contributed by atoms with Gasteiger partial charge >= 0.3 is 0 Å². The summed E-state index contributed by atoms with van der Waals surface area (Å²) in [6.45, 7) is 5.97. The van der Waals surface area contributed by atoms with Crippen molar-refractivity contribution >= 4 is 0 Å². The van der Waals surface area contributed by atoms with Crippen molar-refractivity contribution in [1.82, 2.24) is 15.1 Å². The molecule has 1 aliphatic rings. The number of rotatable bonds is 8. The Bertz CT molecular complexity index is 220. The fourth-order valence-electron chi connectivity index (χ4n) is 3.24. The summed E-state index contributed by atoms with van der Waals surface area (Å²) in [6, 6.07) is 1.32. The first-order valence-corrected chi connectivity index (χ1v) is 8.25. The van der Waals surface area contributed by atoms with Gasteiger partial charge in [0, 0.05) is 18.6 Å². The van der Waals surface area contributed by atoms with Crippen molar-refractivity contribution in [2.75, 3.05) is 40.8 Å². The Labute approximate surface area is 120 Å². The lowest BCUT2D eigenvalue weighted by molar-refractivity contribution is 0.175. The van der Waals surface area contributed by atoms with Crippen molar-refractivity contribution in [3.63, 3.8) is 0 Å². The van der Waals surface area contributed by atoms with Crippen molar-refractivity contribution in [3.8, 4) is 0 Å². The molecule has 0 aromatic rings. The molecule has 1 N–H and O–H groups in total. The van der Waals surface area contributed by atoms with Gasteiger partial charge in [0.1, 0.15) is 0 Å². The van der Waals surface area contributed by atoms with E-state index in [1.807, 2.05) is 0 Å². The zero-order valence-corrected chi connectivity index (χ0v) is 13.6. The molecule has 0 aromatic heterocycles. The third-order valence-corrected chi connectivity index (χ3v) is 4.57. The first-order valence-electron chi connectivity index (χ1n) is 8.25. The molecule has 114 valence electrons. The molecule has 1 rings (SSSR count).